The van der Waals surface area contributed by atoms with E-state index in [0.717, 1.165) is 16.8 Å². The summed E-state index contributed by atoms with van der Waals surface area (Å²) >= 11 is 0. The molecule has 0 saturated heterocycles. The van der Waals surface area contributed by atoms with Crippen LogP contribution >= 0.6 is 0 Å². The van der Waals surface area contributed by atoms with Gasteiger partial charge < -0.3 is 5.32 Å². The number of amides is 1. The molecule has 1 heterocycles. The summed E-state index contributed by atoms with van der Waals surface area (Å²) in [6, 6.07) is 16.1. The summed E-state index contributed by atoms with van der Waals surface area (Å²) in [4.78, 5) is 15.4. The van der Waals surface area contributed by atoms with Gasteiger partial charge in [-0.05, 0) is 29.0 Å². The topological polar surface area (TPSA) is 42.0 Å². The van der Waals surface area contributed by atoms with Gasteiger partial charge in [0.1, 0.15) is 0 Å². The standard InChI is InChI=1S/C16H11FN2O/c17-15-10-13(7-8-18-15)16(20)19-14-6-5-11-3-1-2-4-12(11)9-14/h1-10H,(H,19,20). The molecule has 0 aliphatic heterocycles. The van der Waals surface area contributed by atoms with E-state index >= 15 is 0 Å². The van der Waals surface area contributed by atoms with Crippen LogP contribution in [0.25, 0.3) is 10.8 Å². The minimum absolute atomic E-state index is 0.241. The zero-order chi connectivity index (χ0) is 13.9. The largest absolute Gasteiger partial charge is 0.322 e. The predicted molar refractivity (Wildman–Crippen MR) is 76.1 cm³/mol. The fourth-order valence-electron chi connectivity index (χ4n) is 2.01. The Bertz CT molecular complexity index is 786. The molecule has 0 unspecified atom stereocenters. The van der Waals surface area contributed by atoms with E-state index in [1.54, 1.807) is 0 Å². The molecule has 0 atom stereocenters. The Labute approximate surface area is 115 Å². The number of benzene rings is 2. The zero-order valence-electron chi connectivity index (χ0n) is 10.5. The van der Waals surface area contributed by atoms with Gasteiger partial charge in [-0.3, -0.25) is 4.79 Å². The summed E-state index contributed by atoms with van der Waals surface area (Å²) in [6.45, 7) is 0. The number of nitrogens with one attached hydrogen (secondary N) is 1. The SMILES string of the molecule is O=C(Nc1ccc2ccccc2c1)c1ccnc(F)c1. The second kappa shape index (κ2) is 5.09. The number of carbonyl (C=O) groups is 1. The Morgan fingerprint density at radius 2 is 1.80 bits per heavy atom. The van der Waals surface area contributed by atoms with Crippen molar-refractivity contribution in [2.24, 2.45) is 0 Å². The lowest BCUT2D eigenvalue weighted by atomic mass is 10.1. The maximum Gasteiger partial charge on any atom is 0.255 e. The number of carbonyl (C=O) groups excluding carboxylic acids is 1. The minimum Gasteiger partial charge on any atom is -0.322 e. The number of aromatic nitrogens is 1. The van der Waals surface area contributed by atoms with Crippen LogP contribution in [0.15, 0.2) is 60.8 Å². The monoisotopic (exact) mass is 266 g/mol. The average Bonchev–Trinajstić information content (AvgIpc) is 2.47. The van der Waals surface area contributed by atoms with Crippen LogP contribution in [-0.4, -0.2) is 10.9 Å². The van der Waals surface area contributed by atoms with Crippen LogP contribution in [0.2, 0.25) is 0 Å². The van der Waals surface area contributed by atoms with E-state index < -0.39 is 5.95 Å². The summed E-state index contributed by atoms with van der Waals surface area (Å²) in [5, 5.41) is 4.88. The molecule has 4 heteroatoms. The number of hydrogen-bond acceptors (Lipinski definition) is 2. The average molecular weight is 266 g/mol. The molecule has 0 saturated carbocycles. The summed E-state index contributed by atoms with van der Waals surface area (Å²) in [7, 11) is 0. The number of pyridine rings is 1. The molecule has 3 rings (SSSR count). The Kier molecular flexibility index (Phi) is 3.13. The summed E-state index contributed by atoms with van der Waals surface area (Å²) < 4.78 is 13.0. The Hall–Kier alpha value is -2.75. The highest BCUT2D eigenvalue weighted by atomic mass is 19.1. The van der Waals surface area contributed by atoms with Crippen LogP contribution in [0.4, 0.5) is 10.1 Å². The van der Waals surface area contributed by atoms with Crippen LogP contribution < -0.4 is 5.32 Å². The van der Waals surface area contributed by atoms with Gasteiger partial charge in [0.2, 0.25) is 5.95 Å². The van der Waals surface area contributed by atoms with E-state index in [1.807, 2.05) is 42.5 Å². The Morgan fingerprint density at radius 1 is 1.00 bits per heavy atom. The van der Waals surface area contributed by atoms with Gasteiger partial charge in [-0.25, -0.2) is 4.98 Å². The molecular weight excluding hydrogens is 255 g/mol. The lowest BCUT2D eigenvalue weighted by molar-refractivity contribution is 0.102. The van der Waals surface area contributed by atoms with Gasteiger partial charge in [-0.15, -0.1) is 0 Å². The third kappa shape index (κ3) is 2.49. The first-order valence-electron chi connectivity index (χ1n) is 6.14. The van der Waals surface area contributed by atoms with Gasteiger partial charge in [0, 0.05) is 23.5 Å². The van der Waals surface area contributed by atoms with E-state index in [4.69, 9.17) is 0 Å². The molecule has 98 valence electrons. The number of anilines is 1. The van der Waals surface area contributed by atoms with Crippen molar-refractivity contribution in [3.8, 4) is 0 Å². The summed E-state index contributed by atoms with van der Waals surface area (Å²) in [5.74, 6) is -1.03. The van der Waals surface area contributed by atoms with Crippen LogP contribution in [0, 0.1) is 5.95 Å². The first kappa shape index (κ1) is 12.3. The van der Waals surface area contributed by atoms with E-state index in [9.17, 15) is 9.18 Å². The van der Waals surface area contributed by atoms with Gasteiger partial charge in [-0.1, -0.05) is 30.3 Å². The molecule has 1 N–H and O–H groups in total. The van der Waals surface area contributed by atoms with Gasteiger partial charge in [0.15, 0.2) is 0 Å². The molecule has 0 aliphatic carbocycles. The smallest absolute Gasteiger partial charge is 0.255 e. The summed E-state index contributed by atoms with van der Waals surface area (Å²) in [5.41, 5.74) is 0.913. The van der Waals surface area contributed by atoms with Crippen molar-refractivity contribution in [1.29, 1.82) is 0 Å². The first-order valence-corrected chi connectivity index (χ1v) is 6.14. The Morgan fingerprint density at radius 3 is 2.60 bits per heavy atom. The second-order valence-corrected chi connectivity index (χ2v) is 4.38. The van der Waals surface area contributed by atoms with Crippen molar-refractivity contribution in [2.45, 2.75) is 0 Å². The molecule has 3 aromatic rings. The molecule has 2 aromatic carbocycles. The number of halogens is 1. The van der Waals surface area contributed by atoms with Crippen LogP contribution in [0.3, 0.4) is 0 Å². The third-order valence-electron chi connectivity index (χ3n) is 3.00. The van der Waals surface area contributed by atoms with Gasteiger partial charge in [-0.2, -0.15) is 4.39 Å². The molecule has 0 aliphatic rings. The molecule has 0 radical (unpaired) electrons. The van der Waals surface area contributed by atoms with E-state index in [0.29, 0.717) is 5.69 Å². The third-order valence-corrected chi connectivity index (χ3v) is 3.00. The van der Waals surface area contributed by atoms with Crippen molar-refractivity contribution < 1.29 is 9.18 Å². The van der Waals surface area contributed by atoms with Crippen molar-refractivity contribution >= 4 is 22.4 Å². The fourth-order valence-corrected chi connectivity index (χ4v) is 2.01. The highest BCUT2D eigenvalue weighted by Gasteiger charge is 2.07. The molecule has 0 spiro atoms. The fraction of sp³-hybridized carbons (Fsp3) is 0. The minimum atomic E-state index is -0.670. The van der Waals surface area contributed by atoms with Crippen molar-refractivity contribution in [1.82, 2.24) is 4.98 Å². The molecule has 1 amide bonds. The number of nitrogens with zero attached hydrogens (tertiary/aromatic N) is 1. The number of rotatable bonds is 2. The lowest BCUT2D eigenvalue weighted by Gasteiger charge is -2.06. The van der Waals surface area contributed by atoms with Gasteiger partial charge in [0.05, 0.1) is 0 Å². The normalized spacial score (nSPS) is 10.4. The number of hydrogen-bond donors (Lipinski definition) is 1. The van der Waals surface area contributed by atoms with E-state index in [1.165, 1.54) is 12.3 Å². The second-order valence-electron chi connectivity index (χ2n) is 4.38. The molecule has 20 heavy (non-hydrogen) atoms. The number of fused-ring (bicyclic) bond motifs is 1. The maximum atomic E-state index is 13.0. The van der Waals surface area contributed by atoms with Crippen molar-refractivity contribution in [3.05, 3.63) is 72.3 Å². The van der Waals surface area contributed by atoms with Crippen molar-refractivity contribution in [3.63, 3.8) is 0 Å². The van der Waals surface area contributed by atoms with E-state index in [-0.39, 0.29) is 11.5 Å². The van der Waals surface area contributed by atoms with Crippen LogP contribution in [-0.2, 0) is 0 Å². The van der Waals surface area contributed by atoms with Crippen LogP contribution in [0.1, 0.15) is 10.4 Å². The maximum absolute atomic E-state index is 13.0. The molecule has 1 aromatic heterocycles. The first-order chi connectivity index (χ1) is 9.72. The summed E-state index contributed by atoms with van der Waals surface area (Å²) in [6.07, 6.45) is 1.27. The molecule has 0 bridgehead atoms. The Balaban J connectivity index is 1.87. The van der Waals surface area contributed by atoms with Crippen molar-refractivity contribution in [2.75, 3.05) is 5.32 Å². The highest BCUT2D eigenvalue weighted by molar-refractivity contribution is 6.05. The van der Waals surface area contributed by atoms with E-state index in [2.05, 4.69) is 10.3 Å². The molecule has 0 fully saturated rings. The highest BCUT2D eigenvalue weighted by Crippen LogP contribution is 2.19. The zero-order valence-corrected chi connectivity index (χ0v) is 10.5. The lowest BCUT2D eigenvalue weighted by Crippen LogP contribution is -2.12. The molecular formula is C16H11FN2O. The van der Waals surface area contributed by atoms with Crippen LogP contribution in [0.5, 0.6) is 0 Å². The quantitative estimate of drug-likeness (QED) is 0.720. The molecule has 3 nitrogen and oxygen atoms in total. The predicted octanol–water partition coefficient (Wildman–Crippen LogP) is 3.63. The van der Waals surface area contributed by atoms with Gasteiger partial charge >= 0.3 is 0 Å². The van der Waals surface area contributed by atoms with Gasteiger partial charge in [0.25, 0.3) is 5.91 Å².